The highest BCUT2D eigenvalue weighted by molar-refractivity contribution is 9.10. The molecule has 14 heavy (non-hydrogen) atoms. The van der Waals surface area contributed by atoms with Gasteiger partial charge in [-0.05, 0) is 28.9 Å². The molecule has 0 aliphatic rings. The monoisotopic (exact) mass is 255 g/mol. The van der Waals surface area contributed by atoms with Crippen molar-refractivity contribution >= 4 is 15.9 Å². The number of nitrogens with zero attached hydrogens (tertiary/aromatic N) is 3. The van der Waals surface area contributed by atoms with Crippen LogP contribution in [-0.2, 0) is 0 Å². The number of pyridine rings is 1. The third kappa shape index (κ3) is 1.55. The first-order chi connectivity index (χ1) is 6.68. The summed E-state index contributed by atoms with van der Waals surface area (Å²) in [5.41, 5.74) is 0. The van der Waals surface area contributed by atoms with Crippen molar-refractivity contribution < 1.29 is 4.39 Å². The summed E-state index contributed by atoms with van der Waals surface area (Å²) in [5, 5.41) is 0. The predicted molar refractivity (Wildman–Crippen MR) is 53.8 cm³/mol. The van der Waals surface area contributed by atoms with E-state index in [1.165, 1.54) is 6.07 Å². The fraction of sp³-hybridized carbons (Fsp3) is 0.111. The average Bonchev–Trinajstić information content (AvgIpc) is 2.52. The molecule has 0 aromatic carbocycles. The van der Waals surface area contributed by atoms with Gasteiger partial charge in [0.25, 0.3) is 0 Å². The Hall–Kier alpha value is -1.23. The van der Waals surface area contributed by atoms with Gasteiger partial charge in [-0.3, -0.25) is 4.57 Å². The van der Waals surface area contributed by atoms with Crippen LogP contribution in [0.25, 0.3) is 5.82 Å². The maximum Gasteiger partial charge on any atom is 0.174 e. The summed E-state index contributed by atoms with van der Waals surface area (Å²) in [6, 6.07) is 1.38. The first-order valence-corrected chi connectivity index (χ1v) is 4.79. The molecule has 0 unspecified atom stereocenters. The summed E-state index contributed by atoms with van der Waals surface area (Å²) in [4.78, 5) is 7.98. The van der Waals surface area contributed by atoms with Gasteiger partial charge >= 0.3 is 0 Å². The molecule has 0 saturated carbocycles. The summed E-state index contributed by atoms with van der Waals surface area (Å²) in [7, 11) is 0. The maximum atomic E-state index is 13.5. The first kappa shape index (κ1) is 9.33. The first-order valence-electron chi connectivity index (χ1n) is 4.00. The molecule has 0 bridgehead atoms. The Morgan fingerprint density at radius 2 is 2.21 bits per heavy atom. The minimum Gasteiger partial charge on any atom is -0.286 e. The second kappa shape index (κ2) is 3.49. The largest absolute Gasteiger partial charge is 0.286 e. The van der Waals surface area contributed by atoms with Crippen LogP contribution in [0, 0.1) is 12.7 Å². The van der Waals surface area contributed by atoms with Crippen LogP contribution in [0.1, 0.15) is 5.82 Å². The van der Waals surface area contributed by atoms with Crippen molar-refractivity contribution in [2.24, 2.45) is 0 Å². The number of aryl methyl sites for hydroxylation is 1. The molecule has 2 aromatic heterocycles. The lowest BCUT2D eigenvalue weighted by atomic mass is 10.4. The van der Waals surface area contributed by atoms with Crippen molar-refractivity contribution in [2.75, 3.05) is 0 Å². The molecule has 2 rings (SSSR count). The molecule has 0 aliphatic carbocycles. The van der Waals surface area contributed by atoms with Crippen LogP contribution in [0.3, 0.4) is 0 Å². The molecule has 2 aromatic rings. The second-order valence-corrected chi connectivity index (χ2v) is 3.72. The van der Waals surface area contributed by atoms with E-state index in [0.29, 0.717) is 10.3 Å². The van der Waals surface area contributed by atoms with Gasteiger partial charge in [0.15, 0.2) is 11.6 Å². The molecule has 5 heteroatoms. The molecule has 0 atom stereocenters. The highest BCUT2D eigenvalue weighted by atomic mass is 79.9. The minimum atomic E-state index is -0.375. The smallest absolute Gasteiger partial charge is 0.174 e. The van der Waals surface area contributed by atoms with E-state index in [4.69, 9.17) is 0 Å². The number of hydrogen-bond donors (Lipinski definition) is 0. The molecular formula is C9H7BrFN3. The highest BCUT2D eigenvalue weighted by Gasteiger charge is 2.08. The van der Waals surface area contributed by atoms with Gasteiger partial charge in [-0.1, -0.05) is 0 Å². The fourth-order valence-corrected chi connectivity index (χ4v) is 1.49. The van der Waals surface area contributed by atoms with Crippen LogP contribution in [0.15, 0.2) is 29.1 Å². The average molecular weight is 256 g/mol. The topological polar surface area (TPSA) is 30.7 Å². The van der Waals surface area contributed by atoms with Crippen molar-refractivity contribution in [1.82, 2.24) is 14.5 Å². The Morgan fingerprint density at radius 1 is 1.43 bits per heavy atom. The standard InChI is InChI=1S/C9H7BrFN3/c1-6-12-2-3-14(6)9-8(11)4-7(10)5-13-9/h2-5H,1H3. The van der Waals surface area contributed by atoms with Crippen LogP contribution in [0.5, 0.6) is 0 Å². The SMILES string of the molecule is Cc1nccn1-c1ncc(Br)cc1F. The lowest BCUT2D eigenvalue weighted by Gasteiger charge is -2.04. The Bertz CT molecular complexity index is 467. The summed E-state index contributed by atoms with van der Waals surface area (Å²) >= 11 is 3.15. The maximum absolute atomic E-state index is 13.5. The molecule has 3 nitrogen and oxygen atoms in total. The number of halogens is 2. The van der Waals surface area contributed by atoms with E-state index < -0.39 is 0 Å². The normalized spacial score (nSPS) is 10.5. The van der Waals surface area contributed by atoms with E-state index in [1.54, 1.807) is 30.1 Å². The van der Waals surface area contributed by atoms with E-state index >= 15 is 0 Å². The van der Waals surface area contributed by atoms with Gasteiger partial charge in [0.2, 0.25) is 0 Å². The number of aromatic nitrogens is 3. The highest BCUT2D eigenvalue weighted by Crippen LogP contribution is 2.16. The van der Waals surface area contributed by atoms with Crippen molar-refractivity contribution in [1.29, 1.82) is 0 Å². The zero-order valence-corrected chi connectivity index (χ0v) is 8.99. The van der Waals surface area contributed by atoms with Gasteiger partial charge in [0.1, 0.15) is 5.82 Å². The Kier molecular flexibility index (Phi) is 2.33. The van der Waals surface area contributed by atoms with Crippen LogP contribution >= 0.6 is 15.9 Å². The van der Waals surface area contributed by atoms with E-state index in [-0.39, 0.29) is 11.6 Å². The van der Waals surface area contributed by atoms with Crippen molar-refractivity contribution in [2.45, 2.75) is 6.92 Å². The van der Waals surface area contributed by atoms with Gasteiger partial charge in [0.05, 0.1) is 0 Å². The predicted octanol–water partition coefficient (Wildman–Crippen LogP) is 2.48. The van der Waals surface area contributed by atoms with E-state index in [1.807, 2.05) is 0 Å². The zero-order valence-electron chi connectivity index (χ0n) is 7.41. The minimum absolute atomic E-state index is 0.267. The van der Waals surface area contributed by atoms with Gasteiger partial charge < -0.3 is 0 Å². The molecule has 0 amide bonds. The molecule has 0 radical (unpaired) electrons. The van der Waals surface area contributed by atoms with Gasteiger partial charge in [-0.2, -0.15) is 0 Å². The molecule has 0 aliphatic heterocycles. The van der Waals surface area contributed by atoms with E-state index in [9.17, 15) is 4.39 Å². The third-order valence-corrected chi connectivity index (χ3v) is 2.28. The van der Waals surface area contributed by atoms with Crippen molar-refractivity contribution in [3.8, 4) is 5.82 Å². The van der Waals surface area contributed by atoms with Gasteiger partial charge in [-0.15, -0.1) is 0 Å². The van der Waals surface area contributed by atoms with Crippen molar-refractivity contribution in [3.63, 3.8) is 0 Å². The lowest BCUT2D eigenvalue weighted by molar-refractivity contribution is 0.606. The Labute approximate surface area is 88.7 Å². The third-order valence-electron chi connectivity index (χ3n) is 1.84. The van der Waals surface area contributed by atoms with Crippen LogP contribution in [-0.4, -0.2) is 14.5 Å². The number of hydrogen-bond acceptors (Lipinski definition) is 2. The quantitative estimate of drug-likeness (QED) is 0.784. The second-order valence-electron chi connectivity index (χ2n) is 2.80. The lowest BCUT2D eigenvalue weighted by Crippen LogP contribution is -2.01. The van der Waals surface area contributed by atoms with Crippen molar-refractivity contribution in [3.05, 3.63) is 40.8 Å². The molecule has 0 N–H and O–H groups in total. The molecule has 0 saturated heterocycles. The van der Waals surface area contributed by atoms with E-state index in [0.717, 1.165) is 0 Å². The Balaban J connectivity index is 2.58. The van der Waals surface area contributed by atoms with Crippen LogP contribution in [0.2, 0.25) is 0 Å². The summed E-state index contributed by atoms with van der Waals surface area (Å²) in [5.74, 6) is 0.599. The molecule has 72 valence electrons. The molecule has 2 heterocycles. The van der Waals surface area contributed by atoms with Crippen LogP contribution < -0.4 is 0 Å². The summed E-state index contributed by atoms with van der Waals surface area (Å²) in [6.45, 7) is 1.79. The van der Waals surface area contributed by atoms with Gasteiger partial charge in [0, 0.05) is 23.1 Å². The van der Waals surface area contributed by atoms with E-state index in [2.05, 4.69) is 25.9 Å². The number of imidazole rings is 1. The molecule has 0 fully saturated rings. The summed E-state index contributed by atoms with van der Waals surface area (Å²) in [6.07, 6.45) is 4.84. The van der Waals surface area contributed by atoms with Crippen LogP contribution in [0.4, 0.5) is 4.39 Å². The fourth-order valence-electron chi connectivity index (χ4n) is 1.19. The molecular weight excluding hydrogens is 249 g/mol. The summed E-state index contributed by atoms with van der Waals surface area (Å²) < 4.78 is 15.7. The van der Waals surface area contributed by atoms with Gasteiger partial charge in [-0.25, -0.2) is 14.4 Å². The molecule has 0 spiro atoms. The number of rotatable bonds is 1. The Morgan fingerprint density at radius 3 is 2.79 bits per heavy atom. The zero-order chi connectivity index (χ0) is 10.1.